The van der Waals surface area contributed by atoms with Gasteiger partial charge in [0.15, 0.2) is 9.84 Å². The van der Waals surface area contributed by atoms with Crippen LogP contribution in [0.4, 0.5) is 0 Å². The van der Waals surface area contributed by atoms with E-state index in [2.05, 4.69) is 38.1 Å². The molecule has 0 bridgehead atoms. The summed E-state index contributed by atoms with van der Waals surface area (Å²) >= 11 is 0. The Balaban J connectivity index is 1.49. The molecule has 0 aromatic heterocycles. The fraction of sp³-hybridized carbons (Fsp3) is 0.632. The number of hydrogen-bond acceptors (Lipinski definition) is 3. The van der Waals surface area contributed by atoms with Crippen molar-refractivity contribution in [2.45, 2.75) is 32.7 Å². The number of rotatable bonds is 4. The predicted molar refractivity (Wildman–Crippen MR) is 98.3 cm³/mol. The van der Waals surface area contributed by atoms with Gasteiger partial charge >= 0.3 is 0 Å². The van der Waals surface area contributed by atoms with Crippen molar-refractivity contribution >= 4 is 15.7 Å². The van der Waals surface area contributed by atoms with Crippen LogP contribution in [-0.4, -0.2) is 56.9 Å². The highest BCUT2D eigenvalue weighted by molar-refractivity contribution is 7.91. The van der Waals surface area contributed by atoms with Gasteiger partial charge in [-0.05, 0) is 17.9 Å². The summed E-state index contributed by atoms with van der Waals surface area (Å²) in [6.45, 7) is 8.70. The SMILES string of the molecule is CC(C)c1ccc(C[NH+]2CCN(C(=O)[C@@H]3CCS(=O)(=O)C3)CC2)cc1. The number of sulfone groups is 1. The number of quaternary nitrogens is 1. The van der Waals surface area contributed by atoms with Crippen LogP contribution in [-0.2, 0) is 21.2 Å². The highest BCUT2D eigenvalue weighted by atomic mass is 32.2. The Bertz CT molecular complexity index is 705. The molecule has 0 spiro atoms. The third kappa shape index (κ3) is 4.61. The summed E-state index contributed by atoms with van der Waals surface area (Å²) < 4.78 is 23.1. The van der Waals surface area contributed by atoms with Crippen molar-refractivity contribution in [1.82, 2.24) is 4.90 Å². The van der Waals surface area contributed by atoms with E-state index in [0.29, 0.717) is 12.3 Å². The number of carbonyl (C=O) groups excluding carboxylic acids is 1. The largest absolute Gasteiger partial charge is 0.331 e. The smallest absolute Gasteiger partial charge is 0.227 e. The van der Waals surface area contributed by atoms with Crippen LogP contribution in [0, 0.1) is 5.92 Å². The summed E-state index contributed by atoms with van der Waals surface area (Å²) in [5, 5.41) is 0. The van der Waals surface area contributed by atoms with Crippen LogP contribution >= 0.6 is 0 Å². The molecule has 25 heavy (non-hydrogen) atoms. The zero-order chi connectivity index (χ0) is 18.0. The van der Waals surface area contributed by atoms with Crippen molar-refractivity contribution in [2.75, 3.05) is 37.7 Å². The third-order valence-electron chi connectivity index (χ3n) is 5.46. The second-order valence-electron chi connectivity index (χ2n) is 7.75. The molecule has 1 atom stereocenters. The summed E-state index contributed by atoms with van der Waals surface area (Å²) in [7, 11) is -2.99. The Morgan fingerprint density at radius 3 is 2.36 bits per heavy atom. The molecule has 3 rings (SSSR count). The number of nitrogens with zero attached hydrogens (tertiary/aromatic N) is 1. The number of hydrogen-bond donors (Lipinski definition) is 1. The molecule has 2 fully saturated rings. The van der Waals surface area contributed by atoms with Crippen molar-refractivity contribution in [3.8, 4) is 0 Å². The number of piperazine rings is 1. The van der Waals surface area contributed by atoms with Gasteiger partial charge < -0.3 is 9.80 Å². The Kier molecular flexibility index (Phi) is 5.49. The lowest BCUT2D eigenvalue weighted by atomic mass is 10.0. The summed E-state index contributed by atoms with van der Waals surface area (Å²) in [6, 6.07) is 8.84. The lowest BCUT2D eigenvalue weighted by Crippen LogP contribution is -3.13. The van der Waals surface area contributed by atoms with Gasteiger partial charge in [0.25, 0.3) is 0 Å². The second-order valence-corrected chi connectivity index (χ2v) is 9.98. The first-order chi connectivity index (χ1) is 11.8. The Morgan fingerprint density at radius 2 is 1.84 bits per heavy atom. The van der Waals surface area contributed by atoms with Gasteiger partial charge in [-0.25, -0.2) is 8.42 Å². The fourth-order valence-electron chi connectivity index (χ4n) is 3.78. The molecular formula is C19H29N2O3S+. The zero-order valence-electron chi connectivity index (χ0n) is 15.2. The third-order valence-corrected chi connectivity index (χ3v) is 7.23. The van der Waals surface area contributed by atoms with E-state index in [1.807, 2.05) is 4.90 Å². The summed E-state index contributed by atoms with van der Waals surface area (Å²) in [6.07, 6.45) is 0.496. The quantitative estimate of drug-likeness (QED) is 0.844. The minimum Gasteiger partial charge on any atom is -0.331 e. The molecule has 0 radical (unpaired) electrons. The first-order valence-electron chi connectivity index (χ1n) is 9.25. The number of benzene rings is 1. The van der Waals surface area contributed by atoms with Gasteiger partial charge in [-0.1, -0.05) is 38.1 Å². The van der Waals surface area contributed by atoms with Crippen molar-refractivity contribution in [2.24, 2.45) is 5.92 Å². The summed E-state index contributed by atoms with van der Waals surface area (Å²) in [5.74, 6) is 0.495. The van der Waals surface area contributed by atoms with E-state index in [1.165, 1.54) is 16.0 Å². The van der Waals surface area contributed by atoms with Crippen LogP contribution in [0.25, 0.3) is 0 Å². The number of nitrogens with one attached hydrogen (secondary N) is 1. The van der Waals surface area contributed by atoms with Gasteiger partial charge in [0.1, 0.15) is 6.54 Å². The highest BCUT2D eigenvalue weighted by Gasteiger charge is 2.36. The van der Waals surface area contributed by atoms with Crippen molar-refractivity contribution in [1.29, 1.82) is 0 Å². The van der Waals surface area contributed by atoms with Crippen LogP contribution < -0.4 is 4.90 Å². The normalized spacial score (nSPS) is 24.0. The summed E-state index contributed by atoms with van der Waals surface area (Å²) in [4.78, 5) is 15.9. The van der Waals surface area contributed by atoms with E-state index in [9.17, 15) is 13.2 Å². The van der Waals surface area contributed by atoms with E-state index in [4.69, 9.17) is 0 Å². The molecule has 1 aromatic carbocycles. The van der Waals surface area contributed by atoms with Crippen molar-refractivity contribution in [3.63, 3.8) is 0 Å². The molecule has 1 aromatic rings. The molecule has 2 aliphatic rings. The highest BCUT2D eigenvalue weighted by Crippen LogP contribution is 2.20. The molecule has 2 heterocycles. The van der Waals surface area contributed by atoms with Crippen molar-refractivity contribution < 1.29 is 18.1 Å². The lowest BCUT2D eigenvalue weighted by Gasteiger charge is -2.33. The molecule has 6 heteroatoms. The van der Waals surface area contributed by atoms with E-state index < -0.39 is 9.84 Å². The monoisotopic (exact) mass is 365 g/mol. The molecule has 2 aliphatic heterocycles. The van der Waals surface area contributed by atoms with Gasteiger partial charge in [-0.15, -0.1) is 0 Å². The van der Waals surface area contributed by atoms with Crippen LogP contribution in [0.2, 0.25) is 0 Å². The van der Waals surface area contributed by atoms with E-state index in [0.717, 1.165) is 32.7 Å². The first-order valence-corrected chi connectivity index (χ1v) is 11.1. The van der Waals surface area contributed by atoms with E-state index >= 15 is 0 Å². The molecule has 0 saturated carbocycles. The molecule has 0 aliphatic carbocycles. The maximum Gasteiger partial charge on any atom is 0.227 e. The lowest BCUT2D eigenvalue weighted by molar-refractivity contribution is -0.917. The van der Waals surface area contributed by atoms with Crippen LogP contribution in [0.5, 0.6) is 0 Å². The zero-order valence-corrected chi connectivity index (χ0v) is 16.0. The summed E-state index contributed by atoms with van der Waals surface area (Å²) in [5.41, 5.74) is 2.70. The molecular weight excluding hydrogens is 336 g/mol. The van der Waals surface area contributed by atoms with Gasteiger partial charge in [0.05, 0.1) is 43.6 Å². The van der Waals surface area contributed by atoms with Gasteiger partial charge in [-0.2, -0.15) is 0 Å². The number of carbonyl (C=O) groups is 1. The minimum atomic E-state index is -2.99. The van der Waals surface area contributed by atoms with Gasteiger partial charge in [-0.3, -0.25) is 4.79 Å². The maximum absolute atomic E-state index is 12.5. The predicted octanol–water partition coefficient (Wildman–Crippen LogP) is 0.472. The van der Waals surface area contributed by atoms with Crippen LogP contribution in [0.3, 0.4) is 0 Å². The maximum atomic E-state index is 12.5. The van der Waals surface area contributed by atoms with Crippen LogP contribution in [0.1, 0.15) is 37.3 Å². The first kappa shape index (κ1) is 18.4. The Morgan fingerprint density at radius 1 is 1.20 bits per heavy atom. The molecule has 1 N–H and O–H groups in total. The standard InChI is InChI=1S/C19H28N2O3S/c1-15(2)17-5-3-16(4-6-17)13-20-8-10-21(11-9-20)19(22)18-7-12-25(23,24)14-18/h3-6,15,18H,7-14H2,1-2H3/p+1/t18-/m1/s1. The van der Waals surface area contributed by atoms with E-state index in [-0.39, 0.29) is 23.3 Å². The molecule has 1 amide bonds. The molecule has 5 nitrogen and oxygen atoms in total. The Hall–Kier alpha value is -1.40. The molecule has 138 valence electrons. The number of amides is 1. The van der Waals surface area contributed by atoms with E-state index in [1.54, 1.807) is 0 Å². The van der Waals surface area contributed by atoms with Crippen LogP contribution in [0.15, 0.2) is 24.3 Å². The van der Waals surface area contributed by atoms with Gasteiger partial charge in [0, 0.05) is 5.56 Å². The second kappa shape index (κ2) is 7.46. The van der Waals surface area contributed by atoms with Gasteiger partial charge in [0.2, 0.25) is 5.91 Å². The molecule has 0 unspecified atom stereocenters. The average Bonchev–Trinajstić information content (AvgIpc) is 2.95. The topological polar surface area (TPSA) is 58.9 Å². The fourth-order valence-corrected chi connectivity index (χ4v) is 5.51. The molecule has 2 saturated heterocycles. The van der Waals surface area contributed by atoms with Crippen molar-refractivity contribution in [3.05, 3.63) is 35.4 Å². The average molecular weight is 366 g/mol. The minimum absolute atomic E-state index is 0.0428. The Labute approximate surface area is 150 Å².